The Bertz CT molecular complexity index is 461. The molecule has 5 nitrogen and oxygen atoms in total. The molecule has 0 saturated heterocycles. The van der Waals surface area contributed by atoms with Gasteiger partial charge in [-0.1, -0.05) is 33.6 Å². The van der Waals surface area contributed by atoms with Gasteiger partial charge in [0, 0.05) is 11.0 Å². The van der Waals surface area contributed by atoms with Crippen molar-refractivity contribution in [1.82, 2.24) is 5.32 Å². The Hall–Kier alpha value is -1.40. The molecule has 0 fully saturated rings. The summed E-state index contributed by atoms with van der Waals surface area (Å²) in [6.07, 6.45) is -0.446. The third kappa shape index (κ3) is 4.46. The van der Waals surface area contributed by atoms with Crippen LogP contribution in [0.5, 0.6) is 0 Å². The highest BCUT2D eigenvalue weighted by Crippen LogP contribution is 2.18. The largest absolute Gasteiger partial charge is 0.481 e. The highest BCUT2D eigenvalue weighted by Gasteiger charge is 2.20. The molecule has 0 aliphatic heterocycles. The van der Waals surface area contributed by atoms with Gasteiger partial charge in [0.1, 0.15) is 6.04 Å². The summed E-state index contributed by atoms with van der Waals surface area (Å²) in [4.78, 5) is 21.4. The summed E-state index contributed by atoms with van der Waals surface area (Å²) in [5.74, 6) is -2.31. The molecule has 0 radical (unpaired) electrons. The van der Waals surface area contributed by atoms with E-state index in [4.69, 9.17) is 10.2 Å². The Morgan fingerprint density at radius 2 is 2.06 bits per heavy atom. The van der Waals surface area contributed by atoms with Crippen LogP contribution in [0.15, 0.2) is 22.7 Å². The van der Waals surface area contributed by atoms with E-state index in [9.17, 15) is 9.59 Å². The van der Waals surface area contributed by atoms with Crippen molar-refractivity contribution in [3.05, 3.63) is 33.8 Å². The predicted octanol–water partition coefficient (Wildman–Crippen LogP) is 1.78. The Labute approximate surface area is 113 Å². The van der Waals surface area contributed by atoms with Crippen molar-refractivity contribution in [2.75, 3.05) is 0 Å². The van der Waals surface area contributed by atoms with Crippen LogP contribution in [0.2, 0.25) is 0 Å². The smallest absolute Gasteiger partial charge is 0.321 e. The fourth-order valence-electron chi connectivity index (χ4n) is 1.49. The van der Waals surface area contributed by atoms with Crippen molar-refractivity contribution in [1.29, 1.82) is 0 Å². The van der Waals surface area contributed by atoms with Gasteiger partial charge in [0.15, 0.2) is 0 Å². The summed E-state index contributed by atoms with van der Waals surface area (Å²) in [5, 5.41) is 20.2. The zero-order valence-electron chi connectivity index (χ0n) is 9.81. The molecule has 98 valence electrons. The molecular weight excluding hydrogens is 302 g/mol. The van der Waals surface area contributed by atoms with Crippen molar-refractivity contribution in [2.45, 2.75) is 25.9 Å². The number of carbonyl (C=O) groups is 2. The van der Waals surface area contributed by atoms with E-state index < -0.39 is 24.4 Å². The number of benzene rings is 1. The van der Waals surface area contributed by atoms with Crippen molar-refractivity contribution in [2.24, 2.45) is 0 Å². The minimum atomic E-state index is -1.17. The molecule has 1 aromatic carbocycles. The second-order valence-electron chi connectivity index (χ2n) is 3.96. The van der Waals surface area contributed by atoms with Gasteiger partial charge in [0.05, 0.1) is 6.42 Å². The number of carboxylic acid groups (broad SMARTS) is 2. The summed E-state index contributed by atoms with van der Waals surface area (Å²) in [7, 11) is 0. The molecule has 0 spiro atoms. The van der Waals surface area contributed by atoms with E-state index in [2.05, 4.69) is 21.2 Å². The number of aryl methyl sites for hydroxylation is 1. The van der Waals surface area contributed by atoms with E-state index >= 15 is 0 Å². The number of rotatable bonds is 6. The number of nitrogens with one attached hydrogen (secondary N) is 1. The van der Waals surface area contributed by atoms with Crippen LogP contribution in [0.25, 0.3) is 0 Å². The lowest BCUT2D eigenvalue weighted by molar-refractivity contribution is -0.146. The van der Waals surface area contributed by atoms with Gasteiger partial charge in [-0.05, 0) is 18.6 Å². The van der Waals surface area contributed by atoms with E-state index in [1.165, 1.54) is 0 Å². The minimum Gasteiger partial charge on any atom is -0.481 e. The van der Waals surface area contributed by atoms with Crippen molar-refractivity contribution in [3.8, 4) is 0 Å². The molecule has 6 heteroatoms. The Morgan fingerprint density at radius 1 is 1.39 bits per heavy atom. The molecule has 0 aliphatic rings. The number of hydrogen-bond acceptors (Lipinski definition) is 3. The van der Waals surface area contributed by atoms with Gasteiger partial charge in [-0.25, -0.2) is 0 Å². The van der Waals surface area contributed by atoms with Gasteiger partial charge in [-0.3, -0.25) is 14.9 Å². The average Bonchev–Trinajstić information content (AvgIpc) is 2.27. The normalized spacial score (nSPS) is 12.1. The highest BCUT2D eigenvalue weighted by atomic mass is 79.9. The van der Waals surface area contributed by atoms with Crippen molar-refractivity contribution < 1.29 is 19.8 Å². The van der Waals surface area contributed by atoms with Gasteiger partial charge >= 0.3 is 11.9 Å². The lowest BCUT2D eigenvalue weighted by Gasteiger charge is -2.13. The van der Waals surface area contributed by atoms with Crippen molar-refractivity contribution in [3.63, 3.8) is 0 Å². The zero-order chi connectivity index (χ0) is 13.7. The van der Waals surface area contributed by atoms with Crippen LogP contribution in [0.4, 0.5) is 0 Å². The Kier molecular flexibility index (Phi) is 5.30. The maximum absolute atomic E-state index is 10.9. The van der Waals surface area contributed by atoms with Gasteiger partial charge in [0.2, 0.25) is 0 Å². The van der Waals surface area contributed by atoms with Gasteiger partial charge in [-0.15, -0.1) is 0 Å². The van der Waals surface area contributed by atoms with Crippen LogP contribution < -0.4 is 5.32 Å². The van der Waals surface area contributed by atoms with Crippen molar-refractivity contribution >= 4 is 27.9 Å². The van der Waals surface area contributed by atoms with Gasteiger partial charge in [-0.2, -0.15) is 0 Å². The number of halogens is 1. The Morgan fingerprint density at radius 3 is 2.61 bits per heavy atom. The third-order valence-electron chi connectivity index (χ3n) is 2.42. The molecule has 0 amide bonds. The predicted molar refractivity (Wildman–Crippen MR) is 69.4 cm³/mol. The molecule has 0 saturated carbocycles. The quantitative estimate of drug-likeness (QED) is 0.745. The summed E-state index contributed by atoms with van der Waals surface area (Å²) in [6, 6.07) is 4.63. The summed E-state index contributed by atoms with van der Waals surface area (Å²) < 4.78 is 0.861. The number of carboxylic acids is 2. The van der Waals surface area contributed by atoms with Crippen LogP contribution in [0, 0.1) is 6.92 Å². The van der Waals surface area contributed by atoms with E-state index in [1.54, 1.807) is 0 Å². The fraction of sp³-hybridized carbons (Fsp3) is 0.333. The third-order valence-corrected chi connectivity index (χ3v) is 3.19. The SMILES string of the molecule is Cc1ccc(Br)c(CN[C@H](CC(=O)O)C(=O)O)c1. The molecule has 0 heterocycles. The standard InChI is InChI=1S/C12H14BrNO4/c1-7-2-3-9(13)8(4-7)6-14-10(12(17)18)5-11(15)16/h2-4,10,14H,5-6H2,1H3,(H,15,16)(H,17,18)/t10-/m1/s1. The first-order valence-corrected chi connectivity index (χ1v) is 6.12. The number of hydrogen-bond donors (Lipinski definition) is 3. The van der Waals surface area contributed by atoms with Gasteiger partial charge < -0.3 is 10.2 Å². The van der Waals surface area contributed by atoms with Crippen LogP contribution in [0.3, 0.4) is 0 Å². The topological polar surface area (TPSA) is 86.6 Å². The summed E-state index contributed by atoms with van der Waals surface area (Å²) in [6.45, 7) is 2.23. The molecular formula is C12H14BrNO4. The van der Waals surface area contributed by atoms with E-state index in [0.29, 0.717) is 6.54 Å². The lowest BCUT2D eigenvalue weighted by Crippen LogP contribution is -2.38. The average molecular weight is 316 g/mol. The van der Waals surface area contributed by atoms with Crippen LogP contribution in [-0.4, -0.2) is 28.2 Å². The van der Waals surface area contributed by atoms with E-state index in [-0.39, 0.29) is 0 Å². The summed E-state index contributed by atoms with van der Waals surface area (Å²) in [5.41, 5.74) is 1.95. The molecule has 0 aliphatic carbocycles. The second-order valence-corrected chi connectivity index (χ2v) is 4.82. The second kappa shape index (κ2) is 6.51. The minimum absolute atomic E-state index is 0.298. The van der Waals surface area contributed by atoms with E-state index in [0.717, 1.165) is 15.6 Å². The summed E-state index contributed by atoms with van der Waals surface area (Å²) >= 11 is 3.36. The van der Waals surface area contributed by atoms with Crippen LogP contribution >= 0.6 is 15.9 Å². The fourth-order valence-corrected chi connectivity index (χ4v) is 1.88. The molecule has 1 rings (SSSR count). The van der Waals surface area contributed by atoms with Crippen LogP contribution in [0.1, 0.15) is 17.5 Å². The molecule has 0 bridgehead atoms. The number of aliphatic carboxylic acids is 2. The highest BCUT2D eigenvalue weighted by molar-refractivity contribution is 9.10. The molecule has 18 heavy (non-hydrogen) atoms. The molecule has 1 atom stereocenters. The van der Waals surface area contributed by atoms with E-state index in [1.807, 2.05) is 25.1 Å². The van der Waals surface area contributed by atoms with Crippen LogP contribution in [-0.2, 0) is 16.1 Å². The first-order valence-electron chi connectivity index (χ1n) is 5.33. The first kappa shape index (κ1) is 14.7. The maximum Gasteiger partial charge on any atom is 0.321 e. The maximum atomic E-state index is 10.9. The molecule has 1 aromatic rings. The molecule has 0 aromatic heterocycles. The zero-order valence-corrected chi connectivity index (χ0v) is 11.4. The van der Waals surface area contributed by atoms with Gasteiger partial charge in [0.25, 0.3) is 0 Å². The first-order chi connectivity index (χ1) is 8.40. The molecule has 0 unspecified atom stereocenters. The molecule has 3 N–H and O–H groups in total. The monoisotopic (exact) mass is 315 g/mol. The lowest BCUT2D eigenvalue weighted by atomic mass is 10.1. The Balaban J connectivity index is 2.69.